The molecule has 5 heteroatoms. The number of sulfonamides is 1. The van der Waals surface area contributed by atoms with Crippen LogP contribution >= 0.6 is 0 Å². The lowest BCUT2D eigenvalue weighted by Crippen LogP contribution is -2.14. The molecule has 2 N–H and O–H groups in total. The van der Waals surface area contributed by atoms with E-state index in [-0.39, 0.29) is 10.5 Å². The Hall–Kier alpha value is -1.72. The SMILES string of the molecule is Cc1c(S(N)(=O)=O)ccc(F)c1-c1ccccc1. The van der Waals surface area contributed by atoms with Gasteiger partial charge < -0.3 is 0 Å². The topological polar surface area (TPSA) is 60.2 Å². The second kappa shape index (κ2) is 4.51. The highest BCUT2D eigenvalue weighted by atomic mass is 32.2. The Morgan fingerprint density at radius 3 is 2.22 bits per heavy atom. The van der Waals surface area contributed by atoms with Crippen LogP contribution in [0.2, 0.25) is 0 Å². The van der Waals surface area contributed by atoms with Crippen molar-refractivity contribution in [1.29, 1.82) is 0 Å². The molecule has 0 saturated carbocycles. The van der Waals surface area contributed by atoms with E-state index in [4.69, 9.17) is 5.14 Å². The van der Waals surface area contributed by atoms with Crippen molar-refractivity contribution < 1.29 is 12.8 Å². The normalized spacial score (nSPS) is 11.5. The molecular weight excluding hydrogens is 253 g/mol. The van der Waals surface area contributed by atoms with Gasteiger partial charge in [0.15, 0.2) is 0 Å². The van der Waals surface area contributed by atoms with E-state index in [0.29, 0.717) is 11.1 Å². The van der Waals surface area contributed by atoms with E-state index < -0.39 is 15.8 Å². The van der Waals surface area contributed by atoms with Gasteiger partial charge in [0, 0.05) is 5.56 Å². The van der Waals surface area contributed by atoms with Crippen molar-refractivity contribution in [1.82, 2.24) is 0 Å². The van der Waals surface area contributed by atoms with Crippen LogP contribution in [0.4, 0.5) is 4.39 Å². The minimum absolute atomic E-state index is 0.0530. The average Bonchev–Trinajstić information content (AvgIpc) is 2.28. The molecule has 3 nitrogen and oxygen atoms in total. The van der Waals surface area contributed by atoms with Crippen molar-refractivity contribution in [3.8, 4) is 11.1 Å². The first-order chi connectivity index (χ1) is 8.41. The van der Waals surface area contributed by atoms with E-state index in [9.17, 15) is 12.8 Å². The predicted octanol–water partition coefficient (Wildman–Crippen LogP) is 2.45. The lowest BCUT2D eigenvalue weighted by Gasteiger charge is -2.11. The lowest BCUT2D eigenvalue weighted by atomic mass is 10.00. The van der Waals surface area contributed by atoms with Crippen LogP contribution in [-0.2, 0) is 10.0 Å². The smallest absolute Gasteiger partial charge is 0.225 e. The van der Waals surface area contributed by atoms with E-state index in [1.165, 1.54) is 6.07 Å². The molecule has 0 amide bonds. The molecule has 2 aromatic carbocycles. The number of hydrogen-bond acceptors (Lipinski definition) is 2. The number of hydrogen-bond donors (Lipinski definition) is 1. The van der Waals surface area contributed by atoms with Crippen molar-refractivity contribution in [3.63, 3.8) is 0 Å². The molecule has 0 fully saturated rings. The number of nitrogens with two attached hydrogens (primary N) is 1. The Morgan fingerprint density at radius 1 is 1.06 bits per heavy atom. The molecule has 2 aromatic rings. The molecule has 0 aliphatic rings. The third-order valence-electron chi connectivity index (χ3n) is 2.73. The Morgan fingerprint density at radius 2 is 1.67 bits per heavy atom. The minimum atomic E-state index is -3.85. The van der Waals surface area contributed by atoms with Crippen LogP contribution in [0.3, 0.4) is 0 Å². The van der Waals surface area contributed by atoms with E-state index in [1.54, 1.807) is 37.3 Å². The van der Waals surface area contributed by atoms with Crippen LogP contribution in [0.15, 0.2) is 47.4 Å². The van der Waals surface area contributed by atoms with E-state index >= 15 is 0 Å². The Labute approximate surface area is 105 Å². The van der Waals surface area contributed by atoms with Gasteiger partial charge in [-0.05, 0) is 30.2 Å². The van der Waals surface area contributed by atoms with Gasteiger partial charge in [0.1, 0.15) is 5.82 Å². The van der Waals surface area contributed by atoms with Crippen LogP contribution < -0.4 is 5.14 Å². The van der Waals surface area contributed by atoms with Crippen LogP contribution in [0.1, 0.15) is 5.56 Å². The number of benzene rings is 2. The third kappa shape index (κ3) is 2.27. The zero-order valence-electron chi connectivity index (χ0n) is 9.72. The molecule has 18 heavy (non-hydrogen) atoms. The minimum Gasteiger partial charge on any atom is -0.225 e. The van der Waals surface area contributed by atoms with Crippen LogP contribution in [0.5, 0.6) is 0 Å². The van der Waals surface area contributed by atoms with Gasteiger partial charge in [-0.15, -0.1) is 0 Å². The summed E-state index contributed by atoms with van der Waals surface area (Å²) in [6.45, 7) is 1.55. The summed E-state index contributed by atoms with van der Waals surface area (Å²) in [5.74, 6) is -0.467. The highest BCUT2D eigenvalue weighted by Gasteiger charge is 2.18. The summed E-state index contributed by atoms with van der Waals surface area (Å²) < 4.78 is 36.7. The molecule has 0 radical (unpaired) electrons. The molecule has 0 spiro atoms. The van der Waals surface area contributed by atoms with Gasteiger partial charge in [-0.2, -0.15) is 0 Å². The molecule has 0 aromatic heterocycles. The molecule has 0 atom stereocenters. The van der Waals surface area contributed by atoms with Crippen LogP contribution in [0, 0.1) is 12.7 Å². The van der Waals surface area contributed by atoms with Gasteiger partial charge >= 0.3 is 0 Å². The van der Waals surface area contributed by atoms with Crippen molar-refractivity contribution in [3.05, 3.63) is 53.8 Å². The number of primary sulfonamides is 1. The van der Waals surface area contributed by atoms with E-state index in [0.717, 1.165) is 6.07 Å². The zero-order chi connectivity index (χ0) is 13.3. The van der Waals surface area contributed by atoms with Gasteiger partial charge in [-0.1, -0.05) is 30.3 Å². The third-order valence-corrected chi connectivity index (χ3v) is 3.79. The fourth-order valence-corrected chi connectivity index (χ4v) is 2.71. The largest absolute Gasteiger partial charge is 0.238 e. The Kier molecular flexibility index (Phi) is 3.19. The lowest BCUT2D eigenvalue weighted by molar-refractivity contribution is 0.596. The maximum Gasteiger partial charge on any atom is 0.238 e. The first kappa shape index (κ1) is 12.7. The first-order valence-corrected chi connectivity index (χ1v) is 6.83. The summed E-state index contributed by atoms with van der Waals surface area (Å²) in [6, 6.07) is 11.1. The van der Waals surface area contributed by atoms with Crippen LogP contribution in [-0.4, -0.2) is 8.42 Å². The van der Waals surface area contributed by atoms with E-state index in [2.05, 4.69) is 0 Å². The van der Waals surface area contributed by atoms with Gasteiger partial charge in [-0.3, -0.25) is 0 Å². The maximum absolute atomic E-state index is 13.9. The second-order valence-electron chi connectivity index (χ2n) is 3.96. The molecular formula is C13H12FNO2S. The fraction of sp³-hybridized carbons (Fsp3) is 0.0769. The molecule has 2 rings (SSSR count). The highest BCUT2D eigenvalue weighted by Crippen LogP contribution is 2.30. The number of rotatable bonds is 2. The summed E-state index contributed by atoms with van der Waals surface area (Å²) in [5, 5.41) is 5.10. The van der Waals surface area contributed by atoms with E-state index in [1.807, 2.05) is 0 Å². The highest BCUT2D eigenvalue weighted by molar-refractivity contribution is 7.89. The summed E-state index contributed by atoms with van der Waals surface area (Å²) >= 11 is 0. The quantitative estimate of drug-likeness (QED) is 0.906. The monoisotopic (exact) mass is 265 g/mol. The molecule has 0 heterocycles. The van der Waals surface area contributed by atoms with Crippen molar-refractivity contribution in [2.75, 3.05) is 0 Å². The van der Waals surface area contributed by atoms with Gasteiger partial charge in [0.05, 0.1) is 4.90 Å². The van der Waals surface area contributed by atoms with Crippen molar-refractivity contribution >= 4 is 10.0 Å². The fourth-order valence-electron chi connectivity index (χ4n) is 1.93. The second-order valence-corrected chi connectivity index (χ2v) is 5.49. The summed E-state index contributed by atoms with van der Waals surface area (Å²) in [5.41, 5.74) is 1.21. The van der Waals surface area contributed by atoms with Gasteiger partial charge in [-0.25, -0.2) is 17.9 Å². The Balaban J connectivity index is 2.76. The maximum atomic E-state index is 13.9. The molecule has 0 bridgehead atoms. The molecule has 0 unspecified atom stereocenters. The zero-order valence-corrected chi connectivity index (χ0v) is 10.5. The van der Waals surface area contributed by atoms with Gasteiger partial charge in [0.2, 0.25) is 10.0 Å². The standard InChI is InChI=1S/C13H12FNO2S/c1-9-12(18(15,16)17)8-7-11(14)13(9)10-5-3-2-4-6-10/h2-8H,1H3,(H2,15,16,17). The summed E-state index contributed by atoms with van der Waals surface area (Å²) in [6.07, 6.45) is 0. The summed E-state index contributed by atoms with van der Waals surface area (Å²) in [4.78, 5) is -0.0530. The predicted molar refractivity (Wildman–Crippen MR) is 67.9 cm³/mol. The van der Waals surface area contributed by atoms with Crippen molar-refractivity contribution in [2.24, 2.45) is 5.14 Å². The summed E-state index contributed by atoms with van der Waals surface area (Å²) in [7, 11) is -3.85. The Bertz CT molecular complexity index is 682. The van der Waals surface area contributed by atoms with Gasteiger partial charge in [0.25, 0.3) is 0 Å². The van der Waals surface area contributed by atoms with Crippen LogP contribution in [0.25, 0.3) is 11.1 Å². The molecule has 0 aliphatic carbocycles. The van der Waals surface area contributed by atoms with Crippen molar-refractivity contribution in [2.45, 2.75) is 11.8 Å². The average molecular weight is 265 g/mol. The number of halogens is 1. The molecule has 94 valence electrons. The molecule has 0 aliphatic heterocycles. The first-order valence-electron chi connectivity index (χ1n) is 5.28. The molecule has 0 saturated heterocycles.